The number of nitrogens with zero attached hydrogens (tertiary/aromatic N) is 3. The van der Waals surface area contributed by atoms with Crippen molar-refractivity contribution in [3.8, 4) is 11.5 Å². The number of carbonyl (C=O) groups is 1. The van der Waals surface area contributed by atoms with Gasteiger partial charge in [-0.25, -0.2) is 9.98 Å². The number of ether oxygens (including phenoxy) is 2. The Hall–Kier alpha value is -3.29. The van der Waals surface area contributed by atoms with Crippen LogP contribution in [0.5, 0.6) is 11.5 Å². The third-order valence-corrected chi connectivity index (χ3v) is 6.49. The first-order chi connectivity index (χ1) is 16.5. The molecule has 1 fully saturated rings. The minimum Gasteiger partial charge on any atom is -0.493 e. The number of aromatic nitrogens is 1. The molecular weight excluding hydrogens is 470 g/mol. The number of methoxy groups -OCH3 is 1. The van der Waals surface area contributed by atoms with E-state index in [1.54, 1.807) is 12.0 Å². The zero-order chi connectivity index (χ0) is 24.1. The molecule has 1 aliphatic rings. The molecule has 1 amide bonds. The van der Waals surface area contributed by atoms with Gasteiger partial charge in [-0.3, -0.25) is 9.69 Å². The monoisotopic (exact) mass is 493 g/mol. The summed E-state index contributed by atoms with van der Waals surface area (Å²) in [5, 5.41) is 1.27. The number of aryl methyl sites for hydroxylation is 1. The first-order valence-electron chi connectivity index (χ1n) is 10.8. The average Bonchev–Trinajstić information content (AvgIpc) is 3.12. The summed E-state index contributed by atoms with van der Waals surface area (Å²) in [6.45, 7) is 4.68. The zero-order valence-electron chi connectivity index (χ0n) is 19.1. The number of halogens is 1. The summed E-state index contributed by atoms with van der Waals surface area (Å²) in [4.78, 5) is 24.2. The van der Waals surface area contributed by atoms with Gasteiger partial charge in [-0.2, -0.15) is 0 Å². The summed E-state index contributed by atoms with van der Waals surface area (Å²) in [5.41, 5.74) is 2.59. The van der Waals surface area contributed by atoms with Crippen LogP contribution >= 0.6 is 23.4 Å². The third kappa shape index (κ3) is 5.43. The molecule has 0 radical (unpaired) electrons. The highest BCUT2D eigenvalue weighted by molar-refractivity contribution is 8.18. The maximum Gasteiger partial charge on any atom is 0.266 e. The van der Waals surface area contributed by atoms with Gasteiger partial charge in [-0.1, -0.05) is 41.9 Å². The van der Waals surface area contributed by atoms with E-state index < -0.39 is 0 Å². The van der Waals surface area contributed by atoms with Crippen molar-refractivity contribution in [1.82, 2.24) is 9.88 Å². The van der Waals surface area contributed by atoms with Crippen molar-refractivity contribution in [3.05, 3.63) is 87.4 Å². The number of aliphatic imine (C=N–C) groups is 1. The minimum absolute atomic E-state index is 0.0862. The lowest BCUT2D eigenvalue weighted by Crippen LogP contribution is -2.28. The number of pyridine rings is 1. The van der Waals surface area contributed by atoms with Crippen molar-refractivity contribution in [3.63, 3.8) is 0 Å². The molecule has 1 aliphatic heterocycles. The molecule has 1 saturated heterocycles. The Labute approximate surface area is 208 Å². The van der Waals surface area contributed by atoms with E-state index in [0.717, 1.165) is 16.8 Å². The molecule has 0 spiro atoms. The second kappa shape index (κ2) is 10.8. The van der Waals surface area contributed by atoms with Gasteiger partial charge in [0.2, 0.25) is 0 Å². The van der Waals surface area contributed by atoms with Crippen LogP contribution in [0, 0.1) is 6.92 Å². The maximum absolute atomic E-state index is 13.0. The van der Waals surface area contributed by atoms with Crippen LogP contribution in [-0.2, 0) is 11.4 Å². The van der Waals surface area contributed by atoms with Crippen molar-refractivity contribution in [2.45, 2.75) is 20.5 Å². The van der Waals surface area contributed by atoms with E-state index in [1.807, 2.05) is 80.6 Å². The lowest BCUT2D eigenvalue weighted by atomic mass is 10.1. The molecule has 174 valence electrons. The van der Waals surface area contributed by atoms with Crippen molar-refractivity contribution in [2.24, 2.45) is 4.99 Å². The lowest BCUT2D eigenvalue weighted by molar-refractivity contribution is -0.122. The fourth-order valence-corrected chi connectivity index (χ4v) is 4.62. The minimum atomic E-state index is -0.0862. The standard InChI is InChI=1S/C26H24ClN3O3S/c1-4-30-25(31)23(34-26(30)29-24-11-7-8-17(2)28-24)15-18-12-13-21(22(14-18)32-3)33-16-19-9-5-6-10-20(19)27/h5-15H,4,16H2,1-3H3/b23-15-,29-26+. The van der Waals surface area contributed by atoms with Gasteiger partial charge in [-0.15, -0.1) is 0 Å². The van der Waals surface area contributed by atoms with E-state index in [0.29, 0.717) is 45.6 Å². The first-order valence-corrected chi connectivity index (χ1v) is 12.0. The van der Waals surface area contributed by atoms with E-state index in [2.05, 4.69) is 9.98 Å². The van der Waals surface area contributed by atoms with Gasteiger partial charge in [0.25, 0.3) is 5.91 Å². The van der Waals surface area contributed by atoms with Crippen LogP contribution in [0.2, 0.25) is 5.02 Å². The Balaban J connectivity index is 1.55. The van der Waals surface area contributed by atoms with E-state index >= 15 is 0 Å². The van der Waals surface area contributed by atoms with Crippen LogP contribution in [0.25, 0.3) is 6.08 Å². The number of hydrogen-bond acceptors (Lipinski definition) is 6. The largest absolute Gasteiger partial charge is 0.493 e. The molecule has 0 bridgehead atoms. The van der Waals surface area contributed by atoms with Crippen molar-refractivity contribution in [2.75, 3.05) is 13.7 Å². The van der Waals surface area contributed by atoms with Gasteiger partial charge in [0.15, 0.2) is 22.5 Å². The van der Waals surface area contributed by atoms with Gasteiger partial charge in [0.05, 0.1) is 12.0 Å². The number of likely N-dealkylation sites (N-methyl/N-ethyl adjacent to an activating group) is 1. The highest BCUT2D eigenvalue weighted by atomic mass is 35.5. The predicted molar refractivity (Wildman–Crippen MR) is 138 cm³/mol. The van der Waals surface area contributed by atoms with E-state index in [1.165, 1.54) is 11.8 Å². The smallest absolute Gasteiger partial charge is 0.266 e. The predicted octanol–water partition coefficient (Wildman–Crippen LogP) is 6.25. The molecular formula is C26H24ClN3O3S. The zero-order valence-corrected chi connectivity index (χ0v) is 20.7. The fraction of sp³-hybridized carbons (Fsp3) is 0.192. The quantitative estimate of drug-likeness (QED) is 0.364. The maximum atomic E-state index is 13.0. The summed E-state index contributed by atoms with van der Waals surface area (Å²) in [6.07, 6.45) is 1.84. The number of hydrogen-bond donors (Lipinski definition) is 0. The second-order valence-electron chi connectivity index (χ2n) is 7.48. The number of carbonyl (C=O) groups excluding carboxylic acids is 1. The van der Waals surface area contributed by atoms with Crippen LogP contribution in [0.3, 0.4) is 0 Å². The van der Waals surface area contributed by atoms with E-state index in [4.69, 9.17) is 21.1 Å². The average molecular weight is 494 g/mol. The summed E-state index contributed by atoms with van der Waals surface area (Å²) < 4.78 is 11.5. The van der Waals surface area contributed by atoms with Gasteiger partial charge >= 0.3 is 0 Å². The summed E-state index contributed by atoms with van der Waals surface area (Å²) in [7, 11) is 1.59. The topological polar surface area (TPSA) is 64.0 Å². The molecule has 34 heavy (non-hydrogen) atoms. The van der Waals surface area contributed by atoms with Crippen molar-refractivity contribution < 1.29 is 14.3 Å². The molecule has 0 saturated carbocycles. The number of benzene rings is 2. The Kier molecular flexibility index (Phi) is 7.55. The lowest BCUT2D eigenvalue weighted by Gasteiger charge is -2.12. The fourth-order valence-electron chi connectivity index (χ4n) is 3.37. The molecule has 6 nitrogen and oxygen atoms in total. The second-order valence-corrected chi connectivity index (χ2v) is 8.90. The molecule has 2 heterocycles. The Morgan fingerprint density at radius 3 is 2.68 bits per heavy atom. The number of thioether (sulfide) groups is 1. The van der Waals surface area contributed by atoms with Crippen LogP contribution in [-0.4, -0.2) is 34.6 Å². The van der Waals surface area contributed by atoms with Gasteiger partial charge in [0, 0.05) is 22.8 Å². The molecule has 2 aromatic carbocycles. The summed E-state index contributed by atoms with van der Waals surface area (Å²) in [6, 6.07) is 18.7. The molecule has 3 aromatic rings. The summed E-state index contributed by atoms with van der Waals surface area (Å²) in [5.74, 6) is 1.66. The first kappa shape index (κ1) is 23.9. The third-order valence-electron chi connectivity index (χ3n) is 5.11. The van der Waals surface area contributed by atoms with Crippen LogP contribution in [0.4, 0.5) is 5.82 Å². The Morgan fingerprint density at radius 1 is 1.12 bits per heavy atom. The number of amides is 1. The van der Waals surface area contributed by atoms with Gasteiger partial charge in [-0.05, 0) is 67.6 Å². The summed E-state index contributed by atoms with van der Waals surface area (Å²) >= 11 is 7.56. The number of rotatable bonds is 7. The molecule has 1 aromatic heterocycles. The molecule has 0 N–H and O–H groups in total. The SMILES string of the molecule is CCN1C(=O)/C(=C/c2ccc(OCc3ccccc3Cl)c(OC)c2)S/C1=N/c1cccc(C)n1. The van der Waals surface area contributed by atoms with E-state index in [-0.39, 0.29) is 5.91 Å². The van der Waals surface area contributed by atoms with Crippen molar-refractivity contribution >= 4 is 46.3 Å². The highest BCUT2D eigenvalue weighted by Crippen LogP contribution is 2.36. The Morgan fingerprint density at radius 2 is 1.94 bits per heavy atom. The molecule has 0 aliphatic carbocycles. The van der Waals surface area contributed by atoms with Crippen LogP contribution in [0.1, 0.15) is 23.7 Å². The molecule has 0 unspecified atom stereocenters. The highest BCUT2D eigenvalue weighted by Gasteiger charge is 2.32. The van der Waals surface area contributed by atoms with Crippen LogP contribution < -0.4 is 9.47 Å². The number of amidine groups is 1. The van der Waals surface area contributed by atoms with E-state index in [9.17, 15) is 4.79 Å². The van der Waals surface area contributed by atoms with Crippen LogP contribution in [0.15, 0.2) is 70.6 Å². The van der Waals surface area contributed by atoms with Gasteiger partial charge in [0.1, 0.15) is 6.61 Å². The molecule has 4 rings (SSSR count). The molecule has 8 heteroatoms. The van der Waals surface area contributed by atoms with Gasteiger partial charge < -0.3 is 9.47 Å². The Bertz CT molecular complexity index is 1280. The normalized spacial score (nSPS) is 15.9. The van der Waals surface area contributed by atoms with Crippen molar-refractivity contribution in [1.29, 1.82) is 0 Å². The molecule has 0 atom stereocenters.